The monoisotopic (exact) mass is 344 g/mol. The first-order chi connectivity index (χ1) is 11.9. The van der Waals surface area contributed by atoms with Crippen molar-refractivity contribution in [2.75, 3.05) is 19.5 Å². The number of anilines is 1. The molecule has 2 rings (SSSR count). The van der Waals surface area contributed by atoms with Crippen molar-refractivity contribution in [1.29, 1.82) is 0 Å². The molecule has 2 aromatic carbocycles. The molecule has 0 saturated heterocycles. The van der Waals surface area contributed by atoms with E-state index in [2.05, 4.69) is 5.32 Å². The third-order valence-corrected chi connectivity index (χ3v) is 3.78. The van der Waals surface area contributed by atoms with Crippen LogP contribution in [0.3, 0.4) is 0 Å². The highest BCUT2D eigenvalue weighted by atomic mass is 16.6. The molecule has 25 heavy (non-hydrogen) atoms. The number of nitrogens with one attached hydrogen (secondary N) is 1. The largest absolute Gasteiger partial charge is 0.493 e. The number of non-ortho nitro benzene ring substituents is 1. The van der Waals surface area contributed by atoms with E-state index in [1.54, 1.807) is 33.3 Å². The number of carbonyl (C=O) groups is 1. The number of nitro groups is 1. The van der Waals surface area contributed by atoms with Gasteiger partial charge in [-0.15, -0.1) is 0 Å². The maximum Gasteiger partial charge on any atom is 0.269 e. The zero-order valence-corrected chi connectivity index (χ0v) is 14.4. The molecule has 2 aromatic rings. The summed E-state index contributed by atoms with van der Waals surface area (Å²) >= 11 is 0. The summed E-state index contributed by atoms with van der Waals surface area (Å²) in [5, 5.41) is 13.5. The maximum atomic E-state index is 12.1. The lowest BCUT2D eigenvalue weighted by atomic mass is 10.1. The van der Waals surface area contributed by atoms with Crippen LogP contribution in [0.25, 0.3) is 0 Å². The van der Waals surface area contributed by atoms with Gasteiger partial charge < -0.3 is 14.8 Å². The van der Waals surface area contributed by atoms with Crippen LogP contribution in [-0.2, 0) is 11.2 Å². The number of nitro benzene ring substituents is 1. The summed E-state index contributed by atoms with van der Waals surface area (Å²) in [6.07, 6.45) is 0.824. The van der Waals surface area contributed by atoms with Crippen LogP contribution in [0.15, 0.2) is 36.4 Å². The number of aryl methyl sites for hydroxylation is 2. The van der Waals surface area contributed by atoms with E-state index in [0.717, 1.165) is 5.56 Å². The van der Waals surface area contributed by atoms with Crippen LogP contribution in [0.4, 0.5) is 11.4 Å². The molecule has 0 radical (unpaired) electrons. The van der Waals surface area contributed by atoms with Crippen molar-refractivity contribution in [2.45, 2.75) is 19.8 Å². The number of rotatable bonds is 7. The van der Waals surface area contributed by atoms with Crippen LogP contribution in [0.1, 0.15) is 17.5 Å². The van der Waals surface area contributed by atoms with E-state index < -0.39 is 4.92 Å². The van der Waals surface area contributed by atoms with Crippen LogP contribution in [-0.4, -0.2) is 25.1 Å². The molecule has 0 aromatic heterocycles. The van der Waals surface area contributed by atoms with Gasteiger partial charge in [-0.3, -0.25) is 14.9 Å². The second-order valence-electron chi connectivity index (χ2n) is 5.49. The van der Waals surface area contributed by atoms with E-state index in [1.807, 2.05) is 12.1 Å². The first-order valence-electron chi connectivity index (χ1n) is 7.70. The second-order valence-corrected chi connectivity index (χ2v) is 5.49. The number of amides is 1. The van der Waals surface area contributed by atoms with Crippen molar-refractivity contribution in [3.05, 3.63) is 57.6 Å². The highest BCUT2D eigenvalue weighted by Crippen LogP contribution is 2.28. The van der Waals surface area contributed by atoms with E-state index in [4.69, 9.17) is 9.47 Å². The van der Waals surface area contributed by atoms with Gasteiger partial charge in [-0.25, -0.2) is 0 Å². The molecule has 132 valence electrons. The van der Waals surface area contributed by atoms with Crippen LogP contribution in [0.5, 0.6) is 11.5 Å². The van der Waals surface area contributed by atoms with Crippen molar-refractivity contribution >= 4 is 17.3 Å². The topological polar surface area (TPSA) is 90.7 Å². The number of hydrogen-bond donors (Lipinski definition) is 1. The van der Waals surface area contributed by atoms with Gasteiger partial charge in [0, 0.05) is 24.2 Å². The number of nitrogens with zero attached hydrogens (tertiary/aromatic N) is 1. The summed E-state index contributed by atoms with van der Waals surface area (Å²) in [6, 6.07) is 9.87. The molecule has 0 bridgehead atoms. The molecule has 0 aliphatic rings. The predicted molar refractivity (Wildman–Crippen MR) is 94.3 cm³/mol. The van der Waals surface area contributed by atoms with Gasteiger partial charge in [-0.1, -0.05) is 6.07 Å². The van der Waals surface area contributed by atoms with Gasteiger partial charge in [-0.2, -0.15) is 0 Å². The molecule has 0 atom stereocenters. The van der Waals surface area contributed by atoms with E-state index >= 15 is 0 Å². The van der Waals surface area contributed by atoms with Gasteiger partial charge in [0.1, 0.15) is 0 Å². The number of methoxy groups -OCH3 is 2. The zero-order valence-electron chi connectivity index (χ0n) is 14.4. The molecular weight excluding hydrogens is 324 g/mol. The summed E-state index contributed by atoms with van der Waals surface area (Å²) in [6.45, 7) is 1.72. The second kappa shape index (κ2) is 8.14. The average molecular weight is 344 g/mol. The molecule has 0 unspecified atom stereocenters. The molecule has 0 aliphatic carbocycles. The molecule has 0 heterocycles. The lowest BCUT2D eigenvalue weighted by molar-refractivity contribution is -0.384. The van der Waals surface area contributed by atoms with Crippen LogP contribution < -0.4 is 14.8 Å². The van der Waals surface area contributed by atoms with Crippen molar-refractivity contribution in [2.24, 2.45) is 0 Å². The lowest BCUT2D eigenvalue weighted by Gasteiger charge is -2.10. The Labute approximate surface area is 145 Å². The minimum atomic E-state index is -0.463. The zero-order chi connectivity index (χ0) is 18.4. The fourth-order valence-corrected chi connectivity index (χ4v) is 2.41. The Morgan fingerprint density at radius 1 is 1.12 bits per heavy atom. The first-order valence-corrected chi connectivity index (χ1v) is 7.70. The summed E-state index contributed by atoms with van der Waals surface area (Å²) in [7, 11) is 3.13. The molecule has 0 fully saturated rings. The van der Waals surface area contributed by atoms with Gasteiger partial charge >= 0.3 is 0 Å². The highest BCUT2D eigenvalue weighted by Gasteiger charge is 2.11. The van der Waals surface area contributed by atoms with E-state index in [1.165, 1.54) is 12.1 Å². The number of carbonyl (C=O) groups excluding carboxylic acids is 1. The molecular formula is C18H20N2O5. The standard InChI is InChI=1S/C18H20N2O5/c1-12-10-14(20(22)23)6-7-15(12)19-18(21)9-5-13-4-8-16(24-2)17(11-13)25-3/h4,6-8,10-11H,5,9H2,1-3H3,(H,19,21). The van der Waals surface area contributed by atoms with Crippen LogP contribution in [0, 0.1) is 17.0 Å². The van der Waals surface area contributed by atoms with Gasteiger partial charge in [0.15, 0.2) is 11.5 Å². The Morgan fingerprint density at radius 3 is 2.44 bits per heavy atom. The minimum absolute atomic E-state index is 0.000766. The molecule has 0 spiro atoms. The third kappa shape index (κ3) is 4.69. The molecule has 1 amide bonds. The van der Waals surface area contributed by atoms with Crippen molar-refractivity contribution < 1.29 is 19.2 Å². The first kappa shape index (κ1) is 18.3. The Hall–Kier alpha value is -3.09. The fraction of sp³-hybridized carbons (Fsp3) is 0.278. The summed E-state index contributed by atoms with van der Waals surface area (Å²) in [5.41, 5.74) is 2.17. The molecule has 7 heteroatoms. The highest BCUT2D eigenvalue weighted by molar-refractivity contribution is 5.91. The Bertz CT molecular complexity index is 789. The van der Waals surface area contributed by atoms with Gasteiger partial charge in [-0.05, 0) is 42.7 Å². The van der Waals surface area contributed by atoms with Crippen molar-refractivity contribution in [1.82, 2.24) is 0 Å². The van der Waals surface area contributed by atoms with E-state index in [0.29, 0.717) is 29.2 Å². The minimum Gasteiger partial charge on any atom is -0.493 e. The summed E-state index contributed by atoms with van der Waals surface area (Å²) in [5.74, 6) is 1.09. The van der Waals surface area contributed by atoms with Crippen molar-refractivity contribution in [3.63, 3.8) is 0 Å². The normalized spacial score (nSPS) is 10.2. The van der Waals surface area contributed by atoms with E-state index in [9.17, 15) is 14.9 Å². The number of benzene rings is 2. The maximum absolute atomic E-state index is 12.1. The average Bonchev–Trinajstić information content (AvgIpc) is 2.61. The Morgan fingerprint density at radius 2 is 1.84 bits per heavy atom. The number of ether oxygens (including phenoxy) is 2. The summed E-state index contributed by atoms with van der Waals surface area (Å²) < 4.78 is 10.4. The molecule has 7 nitrogen and oxygen atoms in total. The van der Waals surface area contributed by atoms with E-state index in [-0.39, 0.29) is 18.0 Å². The van der Waals surface area contributed by atoms with Gasteiger partial charge in [0.05, 0.1) is 19.1 Å². The molecule has 0 aliphatic heterocycles. The fourth-order valence-electron chi connectivity index (χ4n) is 2.41. The van der Waals surface area contributed by atoms with Crippen LogP contribution >= 0.6 is 0 Å². The molecule has 0 saturated carbocycles. The Kier molecular flexibility index (Phi) is 5.94. The quantitative estimate of drug-likeness (QED) is 0.613. The third-order valence-electron chi connectivity index (χ3n) is 3.78. The Balaban J connectivity index is 1.98. The molecule has 1 N–H and O–H groups in total. The van der Waals surface area contributed by atoms with Gasteiger partial charge in [0.2, 0.25) is 5.91 Å². The van der Waals surface area contributed by atoms with Crippen molar-refractivity contribution in [3.8, 4) is 11.5 Å². The lowest BCUT2D eigenvalue weighted by Crippen LogP contribution is -2.13. The van der Waals surface area contributed by atoms with Crippen LogP contribution in [0.2, 0.25) is 0 Å². The predicted octanol–water partition coefficient (Wildman–Crippen LogP) is 3.49. The van der Waals surface area contributed by atoms with Gasteiger partial charge in [0.25, 0.3) is 5.69 Å². The SMILES string of the molecule is COc1ccc(CCC(=O)Nc2ccc([N+](=O)[O-])cc2C)cc1OC. The smallest absolute Gasteiger partial charge is 0.269 e. The number of hydrogen-bond acceptors (Lipinski definition) is 5. The summed E-state index contributed by atoms with van der Waals surface area (Å²) in [4.78, 5) is 22.4.